The molecule has 0 aromatic heterocycles. The van der Waals surface area contributed by atoms with E-state index in [4.69, 9.17) is 5.73 Å². The minimum absolute atomic E-state index is 0.235. The Labute approximate surface area is 126 Å². The van der Waals surface area contributed by atoms with Gasteiger partial charge in [0.15, 0.2) is 0 Å². The number of hydrogen-bond acceptors (Lipinski definition) is 2. The fraction of sp³-hybridized carbons (Fsp3) is 0.944. The minimum atomic E-state index is 0.235. The van der Waals surface area contributed by atoms with Gasteiger partial charge in [0.05, 0.1) is 0 Å². The van der Waals surface area contributed by atoms with Crippen molar-refractivity contribution < 1.29 is 4.79 Å². The largest absolute Gasteiger partial charge is 0.328 e. The Kier molecular flexibility index (Phi) is 13.4. The SMILES string of the molecule is CCCCCCCCCCC(=O)C(C)CCCC(C)N. The maximum atomic E-state index is 12.0. The van der Waals surface area contributed by atoms with Crippen molar-refractivity contribution in [3.05, 3.63) is 0 Å². The third-order valence-electron chi connectivity index (χ3n) is 4.12. The van der Waals surface area contributed by atoms with E-state index in [2.05, 4.69) is 13.8 Å². The van der Waals surface area contributed by atoms with Gasteiger partial charge in [-0.2, -0.15) is 0 Å². The van der Waals surface area contributed by atoms with Gasteiger partial charge >= 0.3 is 0 Å². The van der Waals surface area contributed by atoms with Crippen LogP contribution >= 0.6 is 0 Å². The second-order valence-electron chi connectivity index (χ2n) is 6.50. The molecule has 2 atom stereocenters. The van der Waals surface area contributed by atoms with Crippen molar-refractivity contribution in [1.29, 1.82) is 0 Å². The predicted octanol–water partition coefficient (Wildman–Crippen LogP) is 5.24. The molecule has 0 fully saturated rings. The number of carbonyl (C=O) groups excluding carboxylic acids is 1. The van der Waals surface area contributed by atoms with Gasteiger partial charge in [-0.1, -0.05) is 65.2 Å². The van der Waals surface area contributed by atoms with E-state index in [-0.39, 0.29) is 12.0 Å². The van der Waals surface area contributed by atoms with Gasteiger partial charge in [-0.05, 0) is 26.2 Å². The Morgan fingerprint density at radius 2 is 1.40 bits per heavy atom. The summed E-state index contributed by atoms with van der Waals surface area (Å²) in [7, 11) is 0. The van der Waals surface area contributed by atoms with Crippen LogP contribution in [0.25, 0.3) is 0 Å². The van der Waals surface area contributed by atoms with Crippen molar-refractivity contribution in [2.75, 3.05) is 0 Å². The van der Waals surface area contributed by atoms with E-state index in [0.717, 1.165) is 32.1 Å². The fourth-order valence-electron chi connectivity index (χ4n) is 2.59. The molecule has 0 aromatic rings. The van der Waals surface area contributed by atoms with Crippen molar-refractivity contribution in [3.8, 4) is 0 Å². The highest BCUT2D eigenvalue weighted by Crippen LogP contribution is 2.15. The summed E-state index contributed by atoms with van der Waals surface area (Å²) in [4.78, 5) is 12.0. The number of nitrogens with two attached hydrogens (primary N) is 1. The maximum Gasteiger partial charge on any atom is 0.135 e. The lowest BCUT2D eigenvalue weighted by Gasteiger charge is -2.11. The molecule has 0 saturated heterocycles. The molecule has 2 nitrogen and oxygen atoms in total. The number of rotatable bonds is 14. The molecule has 2 heteroatoms. The molecule has 0 aliphatic heterocycles. The maximum absolute atomic E-state index is 12.0. The Morgan fingerprint density at radius 1 is 0.850 bits per heavy atom. The fourth-order valence-corrected chi connectivity index (χ4v) is 2.59. The highest BCUT2D eigenvalue weighted by Gasteiger charge is 2.12. The molecule has 0 spiro atoms. The minimum Gasteiger partial charge on any atom is -0.328 e. The summed E-state index contributed by atoms with van der Waals surface area (Å²) in [5.74, 6) is 0.693. The van der Waals surface area contributed by atoms with Gasteiger partial charge in [0, 0.05) is 18.4 Å². The van der Waals surface area contributed by atoms with Crippen molar-refractivity contribution >= 4 is 5.78 Å². The Bertz CT molecular complexity index is 225. The molecule has 0 radical (unpaired) electrons. The number of carbonyl (C=O) groups is 1. The van der Waals surface area contributed by atoms with Crippen LogP contribution in [0, 0.1) is 5.92 Å². The van der Waals surface area contributed by atoms with Gasteiger partial charge in [-0.15, -0.1) is 0 Å². The third-order valence-corrected chi connectivity index (χ3v) is 4.12. The Morgan fingerprint density at radius 3 is 1.95 bits per heavy atom. The van der Waals surface area contributed by atoms with Gasteiger partial charge < -0.3 is 5.73 Å². The summed E-state index contributed by atoms with van der Waals surface area (Å²) in [6.45, 7) is 6.36. The normalized spacial score (nSPS) is 14.2. The average molecular weight is 284 g/mol. The molecule has 0 aliphatic rings. The van der Waals surface area contributed by atoms with Crippen LogP contribution in [0.1, 0.15) is 97.8 Å². The van der Waals surface area contributed by atoms with Crippen LogP contribution in [-0.4, -0.2) is 11.8 Å². The monoisotopic (exact) mass is 283 g/mol. The standard InChI is InChI=1S/C18H37NO/c1-4-5-6-7-8-9-10-11-15-18(20)16(2)13-12-14-17(3)19/h16-17H,4-15,19H2,1-3H3. The van der Waals surface area contributed by atoms with Gasteiger partial charge in [-0.25, -0.2) is 0 Å². The lowest BCUT2D eigenvalue weighted by molar-refractivity contribution is -0.122. The first-order chi connectivity index (χ1) is 9.57. The first-order valence-electron chi connectivity index (χ1n) is 8.86. The lowest BCUT2D eigenvalue weighted by atomic mass is 9.94. The first kappa shape index (κ1) is 19.6. The molecular weight excluding hydrogens is 246 g/mol. The molecule has 0 heterocycles. The highest BCUT2D eigenvalue weighted by atomic mass is 16.1. The topological polar surface area (TPSA) is 43.1 Å². The molecule has 0 bridgehead atoms. The molecule has 2 unspecified atom stereocenters. The second-order valence-corrected chi connectivity index (χ2v) is 6.50. The zero-order valence-electron chi connectivity index (χ0n) is 14.1. The van der Waals surface area contributed by atoms with Gasteiger partial charge in [-0.3, -0.25) is 4.79 Å². The Balaban J connectivity index is 3.38. The summed E-state index contributed by atoms with van der Waals surface area (Å²) >= 11 is 0. The molecule has 0 rings (SSSR count). The van der Waals surface area contributed by atoms with Gasteiger partial charge in [0.25, 0.3) is 0 Å². The quantitative estimate of drug-likeness (QED) is 0.443. The van der Waals surface area contributed by atoms with Crippen molar-refractivity contribution in [2.45, 2.75) is 104 Å². The van der Waals surface area contributed by atoms with Crippen LogP contribution in [0.5, 0.6) is 0 Å². The van der Waals surface area contributed by atoms with E-state index in [1.165, 1.54) is 44.9 Å². The summed E-state index contributed by atoms with van der Waals surface area (Å²) in [6, 6.07) is 0.269. The molecule has 20 heavy (non-hydrogen) atoms. The molecule has 0 aliphatic carbocycles. The molecule has 0 saturated carbocycles. The third kappa shape index (κ3) is 12.7. The van der Waals surface area contributed by atoms with E-state index in [1.54, 1.807) is 0 Å². The Hall–Kier alpha value is -0.370. The van der Waals surface area contributed by atoms with Crippen LogP contribution < -0.4 is 5.73 Å². The van der Waals surface area contributed by atoms with Gasteiger partial charge in [0.2, 0.25) is 0 Å². The van der Waals surface area contributed by atoms with Crippen molar-refractivity contribution in [1.82, 2.24) is 0 Å². The molecule has 0 aromatic carbocycles. The van der Waals surface area contributed by atoms with Crippen LogP contribution in [0.4, 0.5) is 0 Å². The van der Waals surface area contributed by atoms with Crippen LogP contribution in [0.2, 0.25) is 0 Å². The van der Waals surface area contributed by atoms with Crippen LogP contribution in [-0.2, 0) is 4.79 Å². The summed E-state index contributed by atoms with van der Waals surface area (Å²) < 4.78 is 0. The number of Topliss-reactive ketones (excluding diaryl/α,β-unsaturated/α-hetero) is 1. The number of hydrogen-bond donors (Lipinski definition) is 1. The lowest BCUT2D eigenvalue weighted by Crippen LogP contribution is -2.16. The number of unbranched alkanes of at least 4 members (excludes halogenated alkanes) is 7. The highest BCUT2D eigenvalue weighted by molar-refractivity contribution is 5.80. The zero-order chi connectivity index (χ0) is 15.2. The van der Waals surface area contributed by atoms with Crippen LogP contribution in [0.15, 0.2) is 0 Å². The predicted molar refractivity (Wildman–Crippen MR) is 88.9 cm³/mol. The molecule has 120 valence electrons. The van der Waals surface area contributed by atoms with Gasteiger partial charge in [0.1, 0.15) is 5.78 Å². The zero-order valence-corrected chi connectivity index (χ0v) is 14.1. The second kappa shape index (κ2) is 13.6. The molecule has 2 N–H and O–H groups in total. The van der Waals surface area contributed by atoms with E-state index in [0.29, 0.717) is 5.78 Å². The van der Waals surface area contributed by atoms with E-state index >= 15 is 0 Å². The first-order valence-corrected chi connectivity index (χ1v) is 8.86. The summed E-state index contributed by atoms with van der Waals surface area (Å²) in [5, 5.41) is 0. The smallest absolute Gasteiger partial charge is 0.135 e. The van der Waals surface area contributed by atoms with Crippen molar-refractivity contribution in [3.63, 3.8) is 0 Å². The van der Waals surface area contributed by atoms with E-state index < -0.39 is 0 Å². The van der Waals surface area contributed by atoms with E-state index in [9.17, 15) is 4.79 Å². The number of ketones is 1. The van der Waals surface area contributed by atoms with Crippen molar-refractivity contribution in [2.24, 2.45) is 11.7 Å². The molecule has 0 amide bonds. The van der Waals surface area contributed by atoms with E-state index in [1.807, 2.05) is 6.92 Å². The average Bonchev–Trinajstić information content (AvgIpc) is 2.41. The summed E-state index contributed by atoms with van der Waals surface area (Å²) in [5.41, 5.74) is 5.73. The molecular formula is C18H37NO. The summed E-state index contributed by atoms with van der Waals surface area (Å²) in [6.07, 6.45) is 14.3. The van der Waals surface area contributed by atoms with Crippen LogP contribution in [0.3, 0.4) is 0 Å².